The number of aliphatic hydroxyl groups excluding tert-OH is 1. The molecule has 0 spiro atoms. The third kappa shape index (κ3) is 3.40. The SMILES string of the molecule is Cc1ccccc1S(=O)(=O)n1cc(-c2nc(Cl)ncc2Cl)c2ccc(CO)cc21. The van der Waals surface area contributed by atoms with Crippen molar-refractivity contribution in [3.8, 4) is 11.3 Å². The lowest BCUT2D eigenvalue weighted by molar-refractivity contribution is 0.282. The van der Waals surface area contributed by atoms with E-state index < -0.39 is 10.0 Å². The Morgan fingerprint density at radius 2 is 1.90 bits per heavy atom. The van der Waals surface area contributed by atoms with Gasteiger partial charge in [0.1, 0.15) is 0 Å². The van der Waals surface area contributed by atoms with E-state index in [-0.39, 0.29) is 21.8 Å². The zero-order valence-corrected chi connectivity index (χ0v) is 17.5. The quantitative estimate of drug-likeness (QED) is 0.467. The first-order valence-electron chi connectivity index (χ1n) is 8.57. The molecular weight excluding hydrogens is 433 g/mol. The molecule has 0 saturated heterocycles. The van der Waals surface area contributed by atoms with Gasteiger partial charge < -0.3 is 5.11 Å². The summed E-state index contributed by atoms with van der Waals surface area (Å²) in [5, 5.41) is 10.4. The van der Waals surface area contributed by atoms with Gasteiger partial charge in [0.25, 0.3) is 10.0 Å². The predicted octanol–water partition coefficient (Wildman–Crippen LogP) is 4.44. The molecule has 4 aromatic rings. The van der Waals surface area contributed by atoms with Crippen LogP contribution in [-0.4, -0.2) is 27.5 Å². The van der Waals surface area contributed by atoms with Gasteiger partial charge in [-0.05, 0) is 41.8 Å². The number of hydrogen-bond acceptors (Lipinski definition) is 5. The number of fused-ring (bicyclic) bond motifs is 1. The summed E-state index contributed by atoms with van der Waals surface area (Å²) in [6.07, 6.45) is 2.84. The third-order valence-corrected chi connectivity index (χ3v) is 6.91. The maximum absolute atomic E-state index is 13.5. The fourth-order valence-corrected chi connectivity index (χ4v) is 5.13. The second-order valence-electron chi connectivity index (χ2n) is 6.45. The van der Waals surface area contributed by atoms with Gasteiger partial charge >= 0.3 is 0 Å². The lowest BCUT2D eigenvalue weighted by Crippen LogP contribution is -2.13. The third-order valence-electron chi connectivity index (χ3n) is 4.62. The highest BCUT2D eigenvalue weighted by Gasteiger charge is 2.24. The monoisotopic (exact) mass is 447 g/mol. The van der Waals surface area contributed by atoms with Crippen LogP contribution in [0.3, 0.4) is 0 Å². The summed E-state index contributed by atoms with van der Waals surface area (Å²) in [4.78, 5) is 8.22. The van der Waals surface area contributed by atoms with Crippen molar-refractivity contribution >= 4 is 44.1 Å². The van der Waals surface area contributed by atoms with Gasteiger partial charge in [-0.25, -0.2) is 22.4 Å². The normalized spacial score (nSPS) is 11.9. The van der Waals surface area contributed by atoms with Crippen LogP contribution >= 0.6 is 23.2 Å². The van der Waals surface area contributed by atoms with Gasteiger partial charge in [0, 0.05) is 17.1 Å². The molecule has 4 rings (SSSR count). The van der Waals surface area contributed by atoms with Crippen LogP contribution in [0.1, 0.15) is 11.1 Å². The highest BCUT2D eigenvalue weighted by atomic mass is 35.5. The van der Waals surface area contributed by atoms with Crippen molar-refractivity contribution in [2.24, 2.45) is 0 Å². The summed E-state index contributed by atoms with van der Waals surface area (Å²) in [5.41, 5.74) is 2.43. The van der Waals surface area contributed by atoms with Crippen molar-refractivity contribution in [2.75, 3.05) is 0 Å². The Kier molecular flexibility index (Phi) is 5.08. The smallest absolute Gasteiger partial charge is 0.268 e. The fourth-order valence-electron chi connectivity index (χ4n) is 3.22. The van der Waals surface area contributed by atoms with Gasteiger partial charge in [0.2, 0.25) is 5.28 Å². The number of nitrogens with zero attached hydrogens (tertiary/aromatic N) is 3. The van der Waals surface area contributed by atoms with Crippen molar-refractivity contribution < 1.29 is 13.5 Å². The Balaban J connectivity index is 2.07. The van der Waals surface area contributed by atoms with Gasteiger partial charge in [-0.1, -0.05) is 41.9 Å². The van der Waals surface area contributed by atoms with E-state index in [2.05, 4.69) is 9.97 Å². The molecule has 0 aliphatic heterocycles. The predicted molar refractivity (Wildman–Crippen MR) is 113 cm³/mol. The average molecular weight is 448 g/mol. The molecule has 0 fully saturated rings. The van der Waals surface area contributed by atoms with E-state index in [9.17, 15) is 13.5 Å². The number of halogens is 2. The molecule has 29 heavy (non-hydrogen) atoms. The first-order chi connectivity index (χ1) is 13.8. The molecule has 148 valence electrons. The highest BCUT2D eigenvalue weighted by molar-refractivity contribution is 7.90. The van der Waals surface area contributed by atoms with E-state index in [0.29, 0.717) is 33.3 Å². The molecule has 0 aliphatic carbocycles. The van der Waals surface area contributed by atoms with E-state index in [4.69, 9.17) is 23.2 Å². The summed E-state index contributed by atoms with van der Waals surface area (Å²) in [6, 6.07) is 11.8. The van der Waals surface area contributed by atoms with Gasteiger partial charge in [0.15, 0.2) is 0 Å². The summed E-state index contributed by atoms with van der Waals surface area (Å²) in [6.45, 7) is 1.51. The number of benzene rings is 2. The summed E-state index contributed by atoms with van der Waals surface area (Å²) >= 11 is 12.2. The molecule has 0 unspecified atom stereocenters. The topological polar surface area (TPSA) is 85.1 Å². The fraction of sp³-hybridized carbons (Fsp3) is 0.100. The van der Waals surface area contributed by atoms with E-state index in [1.807, 2.05) is 0 Å². The van der Waals surface area contributed by atoms with E-state index in [1.165, 1.54) is 16.4 Å². The lowest BCUT2D eigenvalue weighted by Gasteiger charge is -2.10. The van der Waals surface area contributed by atoms with Crippen molar-refractivity contribution in [1.29, 1.82) is 0 Å². The maximum Gasteiger partial charge on any atom is 0.268 e. The van der Waals surface area contributed by atoms with Crippen molar-refractivity contribution in [1.82, 2.24) is 13.9 Å². The summed E-state index contributed by atoms with van der Waals surface area (Å²) in [7, 11) is -3.92. The maximum atomic E-state index is 13.5. The van der Waals surface area contributed by atoms with Gasteiger partial charge in [-0.15, -0.1) is 0 Å². The van der Waals surface area contributed by atoms with Crippen LogP contribution in [0.25, 0.3) is 22.2 Å². The number of hydrogen-bond donors (Lipinski definition) is 1. The van der Waals surface area contributed by atoms with Gasteiger partial charge in [0.05, 0.1) is 33.9 Å². The molecule has 1 N–H and O–H groups in total. The van der Waals surface area contributed by atoms with Crippen LogP contribution in [0.4, 0.5) is 0 Å². The molecule has 2 aromatic heterocycles. The van der Waals surface area contributed by atoms with E-state index in [1.54, 1.807) is 49.4 Å². The Hall–Kier alpha value is -2.45. The molecule has 0 saturated carbocycles. The van der Waals surface area contributed by atoms with Crippen molar-refractivity contribution in [3.63, 3.8) is 0 Å². The largest absolute Gasteiger partial charge is 0.392 e. The highest BCUT2D eigenvalue weighted by Crippen LogP contribution is 2.36. The van der Waals surface area contributed by atoms with Crippen LogP contribution in [0, 0.1) is 6.92 Å². The van der Waals surface area contributed by atoms with Crippen molar-refractivity contribution in [2.45, 2.75) is 18.4 Å². The summed E-state index contributed by atoms with van der Waals surface area (Å²) < 4.78 is 28.1. The molecular formula is C20H15Cl2N3O3S. The zero-order valence-electron chi connectivity index (χ0n) is 15.2. The molecule has 0 aliphatic rings. The molecule has 2 aromatic carbocycles. The van der Waals surface area contributed by atoms with Crippen LogP contribution in [0.5, 0.6) is 0 Å². The lowest BCUT2D eigenvalue weighted by atomic mass is 10.1. The molecule has 6 nitrogen and oxygen atoms in total. The average Bonchev–Trinajstić information content (AvgIpc) is 3.09. The molecule has 2 heterocycles. The second-order valence-corrected chi connectivity index (χ2v) is 8.98. The van der Waals surface area contributed by atoms with E-state index in [0.717, 1.165) is 0 Å². The Morgan fingerprint density at radius 1 is 1.14 bits per heavy atom. The van der Waals surface area contributed by atoms with Crippen LogP contribution in [0.2, 0.25) is 10.3 Å². The Labute approximate surface area is 177 Å². The molecule has 0 amide bonds. The Morgan fingerprint density at radius 3 is 2.62 bits per heavy atom. The minimum Gasteiger partial charge on any atom is -0.392 e. The number of aliphatic hydroxyl groups is 1. The minimum absolute atomic E-state index is 0.000890. The van der Waals surface area contributed by atoms with Gasteiger partial charge in [-0.2, -0.15) is 0 Å². The van der Waals surface area contributed by atoms with Crippen LogP contribution < -0.4 is 0 Å². The first-order valence-corrected chi connectivity index (χ1v) is 10.8. The zero-order chi connectivity index (χ0) is 20.8. The Bertz CT molecular complexity index is 1350. The van der Waals surface area contributed by atoms with Crippen LogP contribution in [-0.2, 0) is 16.6 Å². The summed E-state index contributed by atoms with van der Waals surface area (Å²) in [5.74, 6) is 0. The second kappa shape index (κ2) is 7.42. The molecule has 0 bridgehead atoms. The molecule has 0 radical (unpaired) electrons. The first kappa shape index (κ1) is 19.8. The van der Waals surface area contributed by atoms with Crippen LogP contribution in [0.15, 0.2) is 59.8 Å². The molecule has 0 atom stereocenters. The molecule has 9 heteroatoms. The van der Waals surface area contributed by atoms with Crippen molar-refractivity contribution in [3.05, 3.63) is 76.3 Å². The minimum atomic E-state index is -3.92. The standard InChI is InChI=1S/C20H15Cl2N3O3S/c1-12-4-2-3-5-18(12)29(27,28)25-10-15(19-16(21)9-23-20(22)24-19)14-7-6-13(11-26)8-17(14)25/h2-10,26H,11H2,1H3. The van der Waals surface area contributed by atoms with Gasteiger partial charge in [-0.3, -0.25) is 0 Å². The number of aromatic nitrogens is 3. The van der Waals surface area contributed by atoms with E-state index >= 15 is 0 Å². The number of rotatable bonds is 4. The number of aryl methyl sites for hydroxylation is 1.